The van der Waals surface area contributed by atoms with Crippen molar-refractivity contribution in [1.29, 1.82) is 0 Å². The van der Waals surface area contributed by atoms with E-state index in [1.807, 2.05) is 10.9 Å². The highest BCUT2D eigenvalue weighted by molar-refractivity contribution is 14.0. The summed E-state index contributed by atoms with van der Waals surface area (Å²) in [5.74, 6) is 0.563. The largest absolute Gasteiger partial charge is 0.370 e. The predicted molar refractivity (Wildman–Crippen MR) is 91.8 cm³/mol. The highest BCUT2D eigenvalue weighted by Crippen LogP contribution is 2.16. The number of guanidine groups is 1. The maximum atomic E-state index is 5.87. The maximum absolute atomic E-state index is 5.87. The third-order valence-corrected chi connectivity index (χ3v) is 3.58. The summed E-state index contributed by atoms with van der Waals surface area (Å²) in [4.78, 5) is 4.33. The van der Waals surface area contributed by atoms with Gasteiger partial charge in [-0.2, -0.15) is 5.10 Å². The van der Waals surface area contributed by atoms with E-state index in [4.69, 9.17) is 5.73 Å². The molecule has 0 aliphatic heterocycles. The van der Waals surface area contributed by atoms with Crippen LogP contribution in [0.15, 0.2) is 21.9 Å². The Hall–Kier alpha value is -0.310. The van der Waals surface area contributed by atoms with Crippen molar-refractivity contribution in [2.45, 2.75) is 44.7 Å². The number of hydrogen-bond acceptors (Lipinski definition) is 2. The average Bonchev–Trinajstić information content (AvgIpc) is 2.76. The number of nitrogens with zero attached hydrogens (tertiary/aromatic N) is 3. The summed E-state index contributed by atoms with van der Waals surface area (Å²) in [6, 6.07) is 0.515. The number of nitrogens with one attached hydrogen (secondary N) is 1. The molecule has 5 nitrogen and oxygen atoms in total. The molecule has 0 radical (unpaired) electrons. The van der Waals surface area contributed by atoms with Crippen LogP contribution < -0.4 is 11.1 Å². The third kappa shape index (κ3) is 6.11. The van der Waals surface area contributed by atoms with E-state index in [1.54, 1.807) is 6.20 Å². The lowest BCUT2D eigenvalue weighted by atomic mass is 9.96. The van der Waals surface area contributed by atoms with E-state index >= 15 is 0 Å². The molecule has 0 spiro atoms. The smallest absolute Gasteiger partial charge is 0.188 e. The minimum Gasteiger partial charge on any atom is -0.370 e. The molecule has 0 bridgehead atoms. The lowest BCUT2D eigenvalue weighted by Gasteiger charge is -2.23. The van der Waals surface area contributed by atoms with Gasteiger partial charge in [-0.1, -0.05) is 19.3 Å². The molecule has 7 heteroatoms. The van der Waals surface area contributed by atoms with Crippen molar-refractivity contribution >= 4 is 45.9 Å². The summed E-state index contributed by atoms with van der Waals surface area (Å²) in [5, 5.41) is 7.47. The third-order valence-electron chi connectivity index (χ3n) is 3.17. The molecule has 1 aliphatic rings. The molecule has 1 saturated carbocycles. The van der Waals surface area contributed by atoms with Gasteiger partial charge in [-0.3, -0.25) is 9.67 Å². The molecule has 19 heavy (non-hydrogen) atoms. The first-order valence-corrected chi connectivity index (χ1v) is 7.28. The van der Waals surface area contributed by atoms with Crippen LogP contribution in [-0.4, -0.2) is 28.3 Å². The minimum absolute atomic E-state index is 0. The van der Waals surface area contributed by atoms with Crippen LogP contribution in [0.2, 0.25) is 0 Å². The Kier molecular flexibility index (Phi) is 7.74. The van der Waals surface area contributed by atoms with E-state index in [0.717, 1.165) is 11.0 Å². The van der Waals surface area contributed by atoms with Gasteiger partial charge in [0.05, 0.1) is 23.8 Å². The van der Waals surface area contributed by atoms with Crippen molar-refractivity contribution in [2.75, 3.05) is 6.54 Å². The zero-order valence-electron chi connectivity index (χ0n) is 10.9. The average molecular weight is 442 g/mol. The highest BCUT2D eigenvalue weighted by Gasteiger charge is 2.12. The molecule has 0 amide bonds. The van der Waals surface area contributed by atoms with Gasteiger partial charge in [0.1, 0.15) is 0 Å². The quantitative estimate of drug-likeness (QED) is 0.428. The van der Waals surface area contributed by atoms with Crippen LogP contribution in [0.1, 0.15) is 32.1 Å². The SMILES string of the molecule is I.NC(=NCCn1cc(Br)cn1)NC1CCCCC1. The van der Waals surface area contributed by atoms with Crippen LogP contribution >= 0.6 is 39.9 Å². The number of halogens is 2. The molecule has 0 atom stereocenters. The minimum atomic E-state index is 0. The van der Waals surface area contributed by atoms with Gasteiger partial charge in [0.2, 0.25) is 0 Å². The van der Waals surface area contributed by atoms with E-state index in [9.17, 15) is 0 Å². The molecule has 3 N–H and O–H groups in total. The Bertz CT molecular complexity index is 401. The molecule has 1 heterocycles. The van der Waals surface area contributed by atoms with Crippen molar-refractivity contribution in [3.05, 3.63) is 16.9 Å². The zero-order chi connectivity index (χ0) is 12.8. The normalized spacial score (nSPS) is 17.0. The van der Waals surface area contributed by atoms with Crippen LogP contribution in [0, 0.1) is 0 Å². The number of aromatic nitrogens is 2. The first-order chi connectivity index (χ1) is 8.74. The van der Waals surface area contributed by atoms with Crippen LogP contribution in [0.4, 0.5) is 0 Å². The predicted octanol–water partition coefficient (Wildman–Crippen LogP) is 2.50. The van der Waals surface area contributed by atoms with E-state index in [0.29, 0.717) is 18.5 Å². The van der Waals surface area contributed by atoms with Gasteiger partial charge in [0.25, 0.3) is 0 Å². The van der Waals surface area contributed by atoms with Gasteiger partial charge >= 0.3 is 0 Å². The monoisotopic (exact) mass is 441 g/mol. The molecular weight excluding hydrogens is 421 g/mol. The number of rotatable bonds is 4. The second-order valence-electron chi connectivity index (χ2n) is 4.67. The van der Waals surface area contributed by atoms with E-state index in [-0.39, 0.29) is 24.0 Å². The van der Waals surface area contributed by atoms with Crippen LogP contribution in [0.25, 0.3) is 0 Å². The number of nitrogens with two attached hydrogens (primary N) is 1. The molecule has 1 aromatic heterocycles. The standard InChI is InChI=1S/C12H20BrN5.HI/c13-10-8-16-18(9-10)7-6-15-12(14)17-11-4-2-1-3-5-11;/h8-9,11H,1-7H2,(H3,14,15,17);1H. The topological polar surface area (TPSA) is 68.2 Å². The van der Waals surface area contributed by atoms with Gasteiger partial charge in [0, 0.05) is 12.2 Å². The number of aliphatic imine (C=N–C) groups is 1. The van der Waals surface area contributed by atoms with Crippen molar-refractivity contribution in [1.82, 2.24) is 15.1 Å². The Morgan fingerprint density at radius 1 is 1.47 bits per heavy atom. The maximum Gasteiger partial charge on any atom is 0.188 e. The first kappa shape index (κ1) is 16.7. The fourth-order valence-electron chi connectivity index (χ4n) is 2.24. The lowest BCUT2D eigenvalue weighted by molar-refractivity contribution is 0.412. The van der Waals surface area contributed by atoms with E-state index < -0.39 is 0 Å². The van der Waals surface area contributed by atoms with Crippen LogP contribution in [0.5, 0.6) is 0 Å². The van der Waals surface area contributed by atoms with Crippen molar-refractivity contribution in [3.8, 4) is 0 Å². The Morgan fingerprint density at radius 3 is 2.84 bits per heavy atom. The summed E-state index contributed by atoms with van der Waals surface area (Å²) in [6.07, 6.45) is 10.1. The number of hydrogen-bond donors (Lipinski definition) is 2. The summed E-state index contributed by atoms with van der Waals surface area (Å²) < 4.78 is 2.83. The molecule has 2 rings (SSSR count). The molecule has 0 saturated heterocycles. The van der Waals surface area contributed by atoms with E-state index in [2.05, 4.69) is 31.3 Å². The van der Waals surface area contributed by atoms with Gasteiger partial charge in [-0.05, 0) is 28.8 Å². The Balaban J connectivity index is 0.00000180. The lowest BCUT2D eigenvalue weighted by Crippen LogP contribution is -2.41. The van der Waals surface area contributed by atoms with Gasteiger partial charge in [-0.25, -0.2) is 0 Å². The van der Waals surface area contributed by atoms with Gasteiger partial charge < -0.3 is 11.1 Å². The van der Waals surface area contributed by atoms with Gasteiger partial charge in [0.15, 0.2) is 5.96 Å². The van der Waals surface area contributed by atoms with Crippen LogP contribution in [0.3, 0.4) is 0 Å². The van der Waals surface area contributed by atoms with Crippen molar-refractivity contribution < 1.29 is 0 Å². The molecule has 1 aromatic rings. The Labute approximate surface area is 139 Å². The molecule has 1 aliphatic carbocycles. The summed E-state index contributed by atoms with van der Waals surface area (Å²) >= 11 is 3.36. The first-order valence-electron chi connectivity index (χ1n) is 6.48. The van der Waals surface area contributed by atoms with Gasteiger partial charge in [-0.15, -0.1) is 24.0 Å². The van der Waals surface area contributed by atoms with E-state index in [1.165, 1.54) is 32.1 Å². The molecule has 0 unspecified atom stereocenters. The fraction of sp³-hybridized carbons (Fsp3) is 0.667. The second kappa shape index (κ2) is 8.78. The summed E-state index contributed by atoms with van der Waals surface area (Å²) in [6.45, 7) is 1.40. The summed E-state index contributed by atoms with van der Waals surface area (Å²) in [7, 11) is 0. The second-order valence-corrected chi connectivity index (χ2v) is 5.58. The van der Waals surface area contributed by atoms with Crippen molar-refractivity contribution in [3.63, 3.8) is 0 Å². The summed E-state index contributed by atoms with van der Waals surface area (Å²) in [5.41, 5.74) is 5.87. The molecule has 0 aromatic carbocycles. The molecule has 108 valence electrons. The Morgan fingerprint density at radius 2 is 2.21 bits per heavy atom. The zero-order valence-corrected chi connectivity index (χ0v) is 14.8. The highest BCUT2D eigenvalue weighted by atomic mass is 127. The fourth-order valence-corrected chi connectivity index (χ4v) is 2.56. The van der Waals surface area contributed by atoms with Crippen molar-refractivity contribution in [2.24, 2.45) is 10.7 Å². The van der Waals surface area contributed by atoms with Crippen LogP contribution in [-0.2, 0) is 6.54 Å². The molecule has 1 fully saturated rings. The molecular formula is C12H21BrIN5.